The van der Waals surface area contributed by atoms with Crippen molar-refractivity contribution in [3.63, 3.8) is 0 Å². The van der Waals surface area contributed by atoms with Crippen molar-refractivity contribution in [1.82, 2.24) is 19.1 Å². The van der Waals surface area contributed by atoms with Gasteiger partial charge >= 0.3 is 42.7 Å². The Kier molecular flexibility index (Phi) is 11.9. The summed E-state index contributed by atoms with van der Waals surface area (Å²) in [5.74, 6) is 0. The zero-order valence-electron chi connectivity index (χ0n) is 23.7. The third-order valence-corrected chi connectivity index (χ3v) is 12.3. The first-order valence-electron chi connectivity index (χ1n) is 12.9. The van der Waals surface area contributed by atoms with Crippen LogP contribution in [-0.2, 0) is 49.7 Å². The molecule has 4 unspecified atom stereocenters. The first kappa shape index (κ1) is 39.5. The molecule has 0 bridgehead atoms. The van der Waals surface area contributed by atoms with Gasteiger partial charge in [0.1, 0.15) is 36.6 Å². The number of hydrogen-bond acceptors (Lipinski definition) is 19. The van der Waals surface area contributed by atoms with E-state index in [2.05, 4.69) is 22.0 Å². The number of aliphatic hydroxyl groups excluding tert-OH is 4. The fraction of sp³-hybridized carbons (Fsp3) is 0.556. The van der Waals surface area contributed by atoms with E-state index in [1.165, 1.54) is 0 Å². The second-order valence-corrected chi connectivity index (χ2v) is 16.1. The van der Waals surface area contributed by atoms with Gasteiger partial charge in [-0.05, 0) is 0 Å². The summed E-state index contributed by atoms with van der Waals surface area (Å²) >= 11 is 0. The Labute approximate surface area is 268 Å². The molecule has 2 aromatic rings. The predicted octanol–water partition coefficient (Wildman–Crippen LogP) is -4.19. The van der Waals surface area contributed by atoms with E-state index in [-0.39, 0.29) is 0 Å². The maximum atomic E-state index is 12.2. The Hall–Kier alpha value is -2.32. The van der Waals surface area contributed by atoms with Gasteiger partial charge in [-0.3, -0.25) is 37.7 Å². The number of phosphoric ester groups is 2. The Balaban J connectivity index is 1.31. The van der Waals surface area contributed by atoms with Crippen LogP contribution in [0, 0.1) is 0 Å². The van der Waals surface area contributed by atoms with Gasteiger partial charge in [0.25, 0.3) is 11.1 Å². The van der Waals surface area contributed by atoms with Gasteiger partial charge in [0, 0.05) is 24.5 Å². The van der Waals surface area contributed by atoms with E-state index in [9.17, 15) is 77.4 Å². The van der Waals surface area contributed by atoms with Crippen LogP contribution in [0.1, 0.15) is 12.5 Å². The molecule has 0 radical (unpaired) electrons. The van der Waals surface area contributed by atoms with Crippen molar-refractivity contribution < 1.29 is 89.7 Å². The molecule has 2 fully saturated rings. The molecule has 2 saturated heterocycles. The minimum Gasteiger partial charge on any atom is -0.387 e. The number of hydrogen-bond donors (Lipinski definition) is 10. The number of H-pyrrole nitrogens is 2. The molecule has 2 aliphatic rings. The monoisotopic (exact) mass is 790 g/mol. The minimum absolute atomic E-state index is 0.642. The molecule has 49 heavy (non-hydrogen) atoms. The van der Waals surface area contributed by atoms with Crippen LogP contribution in [0.2, 0.25) is 0 Å². The molecule has 4 heterocycles. The summed E-state index contributed by atoms with van der Waals surface area (Å²) in [6, 6.07) is 1.73. The third kappa shape index (κ3) is 9.93. The summed E-state index contributed by atoms with van der Waals surface area (Å²) in [5, 5.41) is 40.7. The molecule has 10 N–H and O–H groups in total. The maximum Gasteiger partial charge on any atom is 0.490 e. The van der Waals surface area contributed by atoms with Crippen LogP contribution < -0.4 is 22.5 Å². The molecule has 2 aliphatic heterocycles. The summed E-state index contributed by atoms with van der Waals surface area (Å²) in [5.41, 5.74) is -3.78. The predicted molar refractivity (Wildman–Crippen MR) is 149 cm³/mol. The molecule has 0 amide bonds. The molecule has 0 aliphatic carbocycles. The Morgan fingerprint density at radius 1 is 0.592 bits per heavy atom. The van der Waals surface area contributed by atoms with Gasteiger partial charge in [0.2, 0.25) is 0 Å². The van der Waals surface area contributed by atoms with Crippen LogP contribution in [0.5, 0.6) is 0 Å². The summed E-state index contributed by atoms with van der Waals surface area (Å²) in [6.07, 6.45) is -12.6. The van der Waals surface area contributed by atoms with E-state index in [4.69, 9.17) is 9.47 Å². The molecule has 4 rings (SSSR count). The average Bonchev–Trinajstić information content (AvgIpc) is 3.38. The van der Waals surface area contributed by atoms with Gasteiger partial charge in [0.05, 0.1) is 13.2 Å². The van der Waals surface area contributed by atoms with Crippen LogP contribution in [0.4, 0.5) is 0 Å². The van der Waals surface area contributed by atoms with Crippen molar-refractivity contribution in [2.24, 2.45) is 0 Å². The van der Waals surface area contributed by atoms with Crippen LogP contribution in [0.15, 0.2) is 43.7 Å². The molecular formula is C18H26N4O23P4. The highest BCUT2D eigenvalue weighted by atomic mass is 31.3. The molecular weight excluding hydrogens is 764 g/mol. The van der Waals surface area contributed by atoms with Crippen LogP contribution in [0.25, 0.3) is 0 Å². The maximum absolute atomic E-state index is 12.2. The highest BCUT2D eigenvalue weighted by Gasteiger charge is 2.49. The van der Waals surface area contributed by atoms with Gasteiger partial charge in [-0.1, -0.05) is 0 Å². The standard InChI is InChI=1S/C18H26N4O23P4/c23-9-1-3-21(17(29)19-9)15-13(27)11(25)7(41-15)5-39-46(31,32)43-48(35,36)45-49(37,38)44-47(33,34)40-6-8-12(26)14(28)16(42-8)22-4-2-10(24)20-18(22)30/h1-4,7-8,11-16,25-28H,5-6H2,(H,31,32)(H,33,34)(H,35,36)(H,37,38)(H,19,23,29)(H,20,24,30)/t7-,8-,11+,12+,13-,14-,15-,16-/m1/s1. The van der Waals surface area contributed by atoms with E-state index in [1.807, 2.05) is 9.97 Å². The summed E-state index contributed by atoms with van der Waals surface area (Å²) in [7, 11) is -24.1. The van der Waals surface area contributed by atoms with Crippen molar-refractivity contribution in [3.05, 3.63) is 66.2 Å². The number of aliphatic hydroxyl groups is 4. The van der Waals surface area contributed by atoms with Gasteiger partial charge in [-0.15, -0.1) is 0 Å². The van der Waals surface area contributed by atoms with Crippen LogP contribution >= 0.6 is 31.3 Å². The SMILES string of the molecule is O=c1ccn([C@@H]2O[C@H](COP(=O)(O)OP(=O)(O)OP(=O)(O)OP(=O)(O)OC[C@H]3O[C@@H](n4ccc(=O)[nH]c4=O)[C@H](O)[C@H]3O)[C@H](O)[C@H]2O)c(=O)[nH]1. The van der Waals surface area contributed by atoms with Gasteiger partial charge in [-0.2, -0.15) is 12.9 Å². The largest absolute Gasteiger partial charge is 0.490 e. The van der Waals surface area contributed by atoms with Crippen molar-refractivity contribution in [2.75, 3.05) is 13.2 Å². The number of nitrogens with zero attached hydrogens (tertiary/aromatic N) is 2. The minimum atomic E-state index is -6.24. The topological polar surface area (TPSA) is 404 Å². The van der Waals surface area contributed by atoms with Crippen molar-refractivity contribution in [3.8, 4) is 0 Å². The first-order chi connectivity index (χ1) is 22.5. The number of phosphoric acid groups is 4. The normalized spacial score (nSPS) is 32.2. The lowest BCUT2D eigenvalue weighted by molar-refractivity contribution is -0.0544. The number of ether oxygens (including phenoxy) is 2. The second kappa shape index (κ2) is 14.7. The first-order valence-corrected chi connectivity index (χ1v) is 18.9. The Bertz CT molecular complexity index is 1820. The van der Waals surface area contributed by atoms with Crippen molar-refractivity contribution in [2.45, 2.75) is 49.1 Å². The average molecular weight is 790 g/mol. The second-order valence-electron chi connectivity index (χ2n) is 9.84. The fourth-order valence-electron chi connectivity index (χ4n) is 4.25. The van der Waals surface area contributed by atoms with E-state index >= 15 is 0 Å². The van der Waals surface area contributed by atoms with Gasteiger partial charge in [0.15, 0.2) is 12.5 Å². The van der Waals surface area contributed by atoms with Gasteiger partial charge in [-0.25, -0.2) is 27.8 Å². The quantitative estimate of drug-likeness (QED) is 0.0811. The molecule has 0 saturated carbocycles. The highest BCUT2D eigenvalue weighted by molar-refractivity contribution is 7.69. The van der Waals surface area contributed by atoms with Crippen molar-refractivity contribution in [1.29, 1.82) is 0 Å². The molecule has 0 spiro atoms. The highest BCUT2D eigenvalue weighted by Crippen LogP contribution is 2.71. The number of aromatic nitrogens is 4. The third-order valence-electron chi connectivity index (χ3n) is 6.35. The molecule has 0 aromatic carbocycles. The fourth-order valence-corrected chi connectivity index (χ4v) is 9.20. The zero-order valence-corrected chi connectivity index (χ0v) is 27.3. The lowest BCUT2D eigenvalue weighted by atomic mass is 10.1. The molecule has 2 aromatic heterocycles. The van der Waals surface area contributed by atoms with Crippen LogP contribution in [-0.4, -0.2) is 109 Å². The Morgan fingerprint density at radius 2 is 0.918 bits per heavy atom. The van der Waals surface area contributed by atoms with Gasteiger partial charge < -0.3 is 49.5 Å². The van der Waals surface area contributed by atoms with E-state index in [0.29, 0.717) is 9.13 Å². The summed E-state index contributed by atoms with van der Waals surface area (Å²) in [6.45, 7) is -2.43. The van der Waals surface area contributed by atoms with Crippen molar-refractivity contribution >= 4 is 31.3 Å². The zero-order chi connectivity index (χ0) is 36.7. The summed E-state index contributed by atoms with van der Waals surface area (Å²) in [4.78, 5) is 89.1. The smallest absolute Gasteiger partial charge is 0.387 e. The molecule has 27 nitrogen and oxygen atoms in total. The lowest BCUT2D eigenvalue weighted by Gasteiger charge is -2.21. The number of aromatic amines is 2. The van der Waals surface area contributed by atoms with E-state index in [0.717, 1.165) is 24.5 Å². The lowest BCUT2D eigenvalue weighted by Crippen LogP contribution is -2.37. The van der Waals surface area contributed by atoms with E-state index < -0.39 is 116 Å². The van der Waals surface area contributed by atoms with E-state index in [1.54, 1.807) is 0 Å². The summed E-state index contributed by atoms with van der Waals surface area (Å²) < 4.78 is 80.5. The molecule has 276 valence electrons. The molecule has 31 heteroatoms. The number of rotatable bonds is 14. The number of nitrogens with one attached hydrogen (secondary N) is 2. The van der Waals surface area contributed by atoms with Crippen LogP contribution in [0.3, 0.4) is 0 Å². The molecule has 12 atom stereocenters. The Morgan fingerprint density at radius 3 is 1.24 bits per heavy atom.